The summed E-state index contributed by atoms with van der Waals surface area (Å²) in [6.07, 6.45) is 4.08. The Balaban J connectivity index is 1.48. The number of nitrogens with zero attached hydrogens (tertiary/aromatic N) is 4. The fourth-order valence-corrected chi connectivity index (χ4v) is 3.83. The highest BCUT2D eigenvalue weighted by molar-refractivity contribution is 5.88. The summed E-state index contributed by atoms with van der Waals surface area (Å²) in [5.74, 6) is 0.853. The first kappa shape index (κ1) is 18.4. The number of amides is 1. The van der Waals surface area contributed by atoms with Crippen molar-refractivity contribution in [3.8, 4) is 0 Å². The maximum absolute atomic E-state index is 12.8. The van der Waals surface area contributed by atoms with Gasteiger partial charge in [0.15, 0.2) is 0 Å². The molecule has 3 heterocycles. The van der Waals surface area contributed by atoms with Crippen molar-refractivity contribution in [3.05, 3.63) is 47.4 Å². The Morgan fingerprint density at radius 2 is 2.18 bits per heavy atom. The summed E-state index contributed by atoms with van der Waals surface area (Å²) in [6, 6.07) is 8.13. The minimum Gasteiger partial charge on any atom is -0.355 e. The molecule has 1 N–H and O–H groups in total. The molecule has 28 heavy (non-hydrogen) atoms. The van der Waals surface area contributed by atoms with Crippen LogP contribution in [0.25, 0.3) is 11.1 Å². The molecule has 0 spiro atoms. The van der Waals surface area contributed by atoms with Crippen LogP contribution in [0.15, 0.2) is 35.1 Å². The first-order chi connectivity index (χ1) is 13.7. The number of carbonyl (C=O) groups excluding carboxylic acids is 1. The molecule has 7 heteroatoms. The lowest BCUT2D eigenvalue weighted by Crippen LogP contribution is -2.43. The standard InChI is InChI=1S/C21H25N5O2/c1-3-17-18-19(23-13-24-21(18)28-25-17)26-10-6-9-16(12-26)20(27)22-11-15-8-5-4-7-14(15)2/h4-5,7-8,13,16H,3,6,9-12H2,1-2H3,(H,22,27)/t16-/m0/s1. The van der Waals surface area contributed by atoms with E-state index in [2.05, 4.69) is 44.4 Å². The average Bonchev–Trinajstić information content (AvgIpc) is 3.16. The molecule has 2 aromatic heterocycles. The van der Waals surface area contributed by atoms with Gasteiger partial charge >= 0.3 is 0 Å². The van der Waals surface area contributed by atoms with E-state index >= 15 is 0 Å². The summed E-state index contributed by atoms with van der Waals surface area (Å²) in [4.78, 5) is 23.6. The van der Waals surface area contributed by atoms with Crippen LogP contribution in [-0.4, -0.2) is 34.1 Å². The number of benzene rings is 1. The molecule has 7 nitrogen and oxygen atoms in total. The third-order valence-electron chi connectivity index (χ3n) is 5.46. The van der Waals surface area contributed by atoms with Crippen molar-refractivity contribution >= 4 is 22.8 Å². The van der Waals surface area contributed by atoms with E-state index in [4.69, 9.17) is 4.52 Å². The maximum atomic E-state index is 12.8. The third-order valence-corrected chi connectivity index (χ3v) is 5.46. The molecule has 1 aromatic carbocycles. The quantitative estimate of drug-likeness (QED) is 0.734. The van der Waals surface area contributed by atoms with Gasteiger partial charge in [-0.15, -0.1) is 0 Å². The van der Waals surface area contributed by atoms with Crippen LogP contribution in [0, 0.1) is 12.8 Å². The highest BCUT2D eigenvalue weighted by atomic mass is 16.5. The van der Waals surface area contributed by atoms with Gasteiger partial charge in [-0.2, -0.15) is 4.98 Å². The minimum atomic E-state index is -0.0623. The number of rotatable bonds is 5. The lowest BCUT2D eigenvalue weighted by molar-refractivity contribution is -0.125. The molecule has 0 saturated carbocycles. The first-order valence-corrected chi connectivity index (χ1v) is 9.83. The maximum Gasteiger partial charge on any atom is 0.263 e. The highest BCUT2D eigenvalue weighted by Crippen LogP contribution is 2.30. The number of aromatic nitrogens is 3. The van der Waals surface area contributed by atoms with Crippen molar-refractivity contribution in [2.45, 2.75) is 39.7 Å². The Labute approximate surface area is 164 Å². The molecular weight excluding hydrogens is 354 g/mol. The number of hydrogen-bond acceptors (Lipinski definition) is 6. The van der Waals surface area contributed by atoms with E-state index in [0.717, 1.165) is 48.3 Å². The molecule has 1 aliphatic heterocycles. The summed E-state index contributed by atoms with van der Waals surface area (Å²) in [6.45, 7) is 6.16. The van der Waals surface area contributed by atoms with Crippen LogP contribution >= 0.6 is 0 Å². The first-order valence-electron chi connectivity index (χ1n) is 9.83. The molecule has 3 aromatic rings. The average molecular weight is 379 g/mol. The van der Waals surface area contributed by atoms with Gasteiger partial charge in [0.1, 0.15) is 17.5 Å². The Kier molecular flexibility index (Phi) is 5.23. The number of hydrogen-bond donors (Lipinski definition) is 1. The third kappa shape index (κ3) is 3.56. The van der Waals surface area contributed by atoms with Gasteiger partial charge in [0.2, 0.25) is 5.91 Å². The number of nitrogens with one attached hydrogen (secondary N) is 1. The predicted molar refractivity (Wildman–Crippen MR) is 107 cm³/mol. The van der Waals surface area contributed by atoms with Gasteiger partial charge in [0.25, 0.3) is 5.71 Å². The Bertz CT molecular complexity index is 984. The van der Waals surface area contributed by atoms with Crippen LogP contribution in [0.1, 0.15) is 36.6 Å². The zero-order chi connectivity index (χ0) is 19.5. The molecule has 0 radical (unpaired) electrons. The summed E-state index contributed by atoms with van der Waals surface area (Å²) in [5.41, 5.74) is 3.71. The number of carbonyl (C=O) groups is 1. The van der Waals surface area contributed by atoms with E-state index in [1.165, 1.54) is 11.9 Å². The molecule has 4 rings (SSSR count). The number of fused-ring (bicyclic) bond motifs is 1. The van der Waals surface area contributed by atoms with Gasteiger partial charge in [-0.25, -0.2) is 4.98 Å². The van der Waals surface area contributed by atoms with Gasteiger partial charge in [-0.1, -0.05) is 36.3 Å². The normalized spacial score (nSPS) is 17.1. The molecule has 0 aliphatic carbocycles. The van der Waals surface area contributed by atoms with Crippen LogP contribution in [0.2, 0.25) is 0 Å². The topological polar surface area (TPSA) is 84.2 Å². The van der Waals surface area contributed by atoms with E-state index in [0.29, 0.717) is 18.8 Å². The second-order valence-electron chi connectivity index (χ2n) is 7.29. The SMILES string of the molecule is CCc1noc2ncnc(N3CCC[C@H](C(=O)NCc4ccccc4C)C3)c12. The number of aryl methyl sites for hydroxylation is 2. The lowest BCUT2D eigenvalue weighted by atomic mass is 9.96. The molecule has 1 saturated heterocycles. The van der Waals surface area contributed by atoms with Crippen LogP contribution in [0.5, 0.6) is 0 Å². The Morgan fingerprint density at radius 1 is 1.32 bits per heavy atom. The summed E-state index contributed by atoms with van der Waals surface area (Å²) in [7, 11) is 0. The predicted octanol–water partition coefficient (Wildman–Crippen LogP) is 3.02. The monoisotopic (exact) mass is 379 g/mol. The van der Waals surface area contributed by atoms with E-state index in [-0.39, 0.29) is 11.8 Å². The van der Waals surface area contributed by atoms with Gasteiger partial charge in [-0.05, 0) is 37.3 Å². The highest BCUT2D eigenvalue weighted by Gasteiger charge is 2.28. The van der Waals surface area contributed by atoms with Crippen LogP contribution in [0.3, 0.4) is 0 Å². The fraction of sp³-hybridized carbons (Fsp3) is 0.429. The van der Waals surface area contributed by atoms with Crippen LogP contribution in [-0.2, 0) is 17.8 Å². The second-order valence-corrected chi connectivity index (χ2v) is 7.29. The van der Waals surface area contributed by atoms with Crippen molar-refractivity contribution in [1.29, 1.82) is 0 Å². The molecular formula is C21H25N5O2. The number of anilines is 1. The van der Waals surface area contributed by atoms with Crippen molar-refractivity contribution in [3.63, 3.8) is 0 Å². The smallest absolute Gasteiger partial charge is 0.263 e. The summed E-state index contributed by atoms with van der Waals surface area (Å²) < 4.78 is 5.34. The van der Waals surface area contributed by atoms with E-state index in [1.807, 2.05) is 19.1 Å². The minimum absolute atomic E-state index is 0.0623. The molecule has 146 valence electrons. The second kappa shape index (κ2) is 7.96. The fourth-order valence-electron chi connectivity index (χ4n) is 3.83. The molecule has 0 unspecified atom stereocenters. The largest absolute Gasteiger partial charge is 0.355 e. The lowest BCUT2D eigenvalue weighted by Gasteiger charge is -2.33. The number of piperidine rings is 1. The Morgan fingerprint density at radius 3 is 3.00 bits per heavy atom. The van der Waals surface area contributed by atoms with E-state index < -0.39 is 0 Å². The van der Waals surface area contributed by atoms with Crippen molar-refractivity contribution in [1.82, 2.24) is 20.4 Å². The molecule has 1 amide bonds. The van der Waals surface area contributed by atoms with Gasteiger partial charge in [-0.3, -0.25) is 4.79 Å². The summed E-state index contributed by atoms with van der Waals surface area (Å²) in [5, 5.41) is 8.08. The Hall–Kier alpha value is -2.96. The summed E-state index contributed by atoms with van der Waals surface area (Å²) >= 11 is 0. The molecule has 1 fully saturated rings. The van der Waals surface area contributed by atoms with Gasteiger partial charge in [0, 0.05) is 19.6 Å². The van der Waals surface area contributed by atoms with Crippen LogP contribution < -0.4 is 10.2 Å². The van der Waals surface area contributed by atoms with Crippen molar-refractivity contribution in [2.75, 3.05) is 18.0 Å². The zero-order valence-corrected chi connectivity index (χ0v) is 16.3. The van der Waals surface area contributed by atoms with Crippen molar-refractivity contribution in [2.24, 2.45) is 5.92 Å². The van der Waals surface area contributed by atoms with Crippen molar-refractivity contribution < 1.29 is 9.32 Å². The molecule has 1 atom stereocenters. The van der Waals surface area contributed by atoms with E-state index in [1.54, 1.807) is 0 Å². The van der Waals surface area contributed by atoms with Crippen LogP contribution in [0.4, 0.5) is 5.82 Å². The van der Waals surface area contributed by atoms with E-state index in [9.17, 15) is 4.79 Å². The molecule has 1 aliphatic rings. The van der Waals surface area contributed by atoms with Gasteiger partial charge in [0.05, 0.1) is 11.6 Å². The molecule has 0 bridgehead atoms. The zero-order valence-electron chi connectivity index (χ0n) is 16.3. The van der Waals surface area contributed by atoms with Gasteiger partial charge < -0.3 is 14.7 Å².